The Morgan fingerprint density at radius 2 is 1.95 bits per heavy atom. The van der Waals surface area contributed by atoms with Crippen molar-refractivity contribution in [2.24, 2.45) is 0 Å². The molecule has 0 aromatic heterocycles. The third-order valence-electron chi connectivity index (χ3n) is 2.00. The smallest absolute Gasteiger partial charge is 0.411 e. The first-order chi connectivity index (χ1) is 8.87. The molecule has 0 amide bonds. The van der Waals surface area contributed by atoms with Gasteiger partial charge < -0.3 is 14.2 Å². The first-order valence-corrected chi connectivity index (χ1v) is 5.98. The molecular weight excluding hydrogens is 308 g/mol. The molecule has 0 N–H and O–H groups in total. The van der Waals surface area contributed by atoms with E-state index in [4.69, 9.17) is 32.7 Å². The Morgan fingerprint density at radius 3 is 2.47 bits per heavy atom. The van der Waals surface area contributed by atoms with E-state index in [0.717, 1.165) is 0 Å². The number of ether oxygens (including phenoxy) is 3. The van der Waals surface area contributed by atoms with Crippen molar-refractivity contribution in [2.45, 2.75) is 12.1 Å². The minimum absolute atomic E-state index is 0.111. The molecule has 0 aliphatic carbocycles. The second-order valence-electron chi connectivity index (χ2n) is 3.47. The van der Waals surface area contributed by atoms with E-state index in [1.165, 1.54) is 13.2 Å². The van der Waals surface area contributed by atoms with Crippen LogP contribution in [-0.4, -0.2) is 26.7 Å². The van der Waals surface area contributed by atoms with Crippen LogP contribution in [0.25, 0.3) is 0 Å². The van der Waals surface area contributed by atoms with Crippen LogP contribution in [-0.2, 0) is 10.6 Å². The minimum atomic E-state index is -4.40. The molecule has 0 bridgehead atoms. The molecule has 19 heavy (non-hydrogen) atoms. The zero-order chi connectivity index (χ0) is 14.5. The van der Waals surface area contributed by atoms with Crippen molar-refractivity contribution in [3.8, 4) is 11.5 Å². The SMILES string of the molecule is COc1cc(CCl)cc(Cl)c1OCOCC(F)(F)F. The second kappa shape index (κ2) is 7.07. The Hall–Kier alpha value is -0.850. The third kappa shape index (κ3) is 5.34. The van der Waals surface area contributed by atoms with Crippen LogP contribution in [0.3, 0.4) is 0 Å². The number of methoxy groups -OCH3 is 1. The monoisotopic (exact) mass is 318 g/mol. The molecule has 0 atom stereocenters. The lowest BCUT2D eigenvalue weighted by atomic mass is 10.2. The van der Waals surface area contributed by atoms with Crippen LogP contribution in [0.4, 0.5) is 13.2 Å². The summed E-state index contributed by atoms with van der Waals surface area (Å²) in [5.41, 5.74) is 0.701. The van der Waals surface area contributed by atoms with Gasteiger partial charge in [0.15, 0.2) is 18.3 Å². The van der Waals surface area contributed by atoms with E-state index in [1.807, 2.05) is 0 Å². The lowest BCUT2D eigenvalue weighted by Gasteiger charge is -2.14. The molecule has 0 spiro atoms. The van der Waals surface area contributed by atoms with Crippen molar-refractivity contribution in [2.75, 3.05) is 20.5 Å². The molecule has 0 saturated heterocycles. The largest absolute Gasteiger partial charge is 0.493 e. The maximum Gasteiger partial charge on any atom is 0.411 e. The summed E-state index contributed by atoms with van der Waals surface area (Å²) in [5.74, 6) is 0.611. The summed E-state index contributed by atoms with van der Waals surface area (Å²) in [6.07, 6.45) is -4.40. The van der Waals surface area contributed by atoms with Crippen molar-refractivity contribution in [1.82, 2.24) is 0 Å². The molecule has 0 aliphatic heterocycles. The highest BCUT2D eigenvalue weighted by Gasteiger charge is 2.27. The van der Waals surface area contributed by atoms with Gasteiger partial charge in [-0.25, -0.2) is 0 Å². The molecule has 108 valence electrons. The summed E-state index contributed by atoms with van der Waals surface area (Å²) < 4.78 is 50.0. The fourth-order valence-corrected chi connectivity index (χ4v) is 1.69. The standard InChI is InChI=1S/C11H11Cl2F3O3/c1-17-9-3-7(4-12)2-8(13)10(9)19-6-18-5-11(14,15)16/h2-3H,4-6H2,1H3. The third-order valence-corrected chi connectivity index (χ3v) is 2.59. The van der Waals surface area contributed by atoms with Crippen LogP contribution in [0.1, 0.15) is 5.56 Å². The van der Waals surface area contributed by atoms with Gasteiger partial charge in [-0.2, -0.15) is 13.2 Å². The van der Waals surface area contributed by atoms with Crippen LogP contribution < -0.4 is 9.47 Å². The molecule has 1 aromatic rings. The molecule has 0 radical (unpaired) electrons. The predicted octanol–water partition coefficient (Wildman–Crippen LogP) is 4.00. The van der Waals surface area contributed by atoms with Crippen LogP contribution in [0.15, 0.2) is 12.1 Å². The van der Waals surface area contributed by atoms with E-state index >= 15 is 0 Å². The Morgan fingerprint density at radius 1 is 1.26 bits per heavy atom. The fourth-order valence-electron chi connectivity index (χ4n) is 1.25. The van der Waals surface area contributed by atoms with Gasteiger partial charge in [0, 0.05) is 5.88 Å². The van der Waals surface area contributed by atoms with E-state index in [9.17, 15) is 13.2 Å². The average molecular weight is 319 g/mol. The molecule has 1 aromatic carbocycles. The van der Waals surface area contributed by atoms with Gasteiger partial charge in [-0.05, 0) is 17.7 Å². The van der Waals surface area contributed by atoms with Crippen LogP contribution >= 0.6 is 23.2 Å². The van der Waals surface area contributed by atoms with Gasteiger partial charge in [0.05, 0.1) is 12.1 Å². The average Bonchev–Trinajstić information content (AvgIpc) is 2.34. The van der Waals surface area contributed by atoms with Crippen LogP contribution in [0, 0.1) is 0 Å². The lowest BCUT2D eigenvalue weighted by Crippen LogP contribution is -2.19. The van der Waals surface area contributed by atoms with Gasteiger partial charge in [0.1, 0.15) is 6.61 Å². The van der Waals surface area contributed by atoms with Gasteiger partial charge in [0.25, 0.3) is 0 Å². The molecular formula is C11H11Cl2F3O3. The normalized spacial score (nSPS) is 11.5. The zero-order valence-electron chi connectivity index (χ0n) is 9.89. The second-order valence-corrected chi connectivity index (χ2v) is 4.14. The number of alkyl halides is 4. The Balaban J connectivity index is 2.67. The zero-order valence-corrected chi connectivity index (χ0v) is 11.4. The number of hydrogen-bond acceptors (Lipinski definition) is 3. The van der Waals surface area contributed by atoms with E-state index in [0.29, 0.717) is 5.56 Å². The van der Waals surface area contributed by atoms with E-state index < -0.39 is 19.6 Å². The summed E-state index contributed by atoms with van der Waals surface area (Å²) in [4.78, 5) is 0. The van der Waals surface area contributed by atoms with E-state index in [-0.39, 0.29) is 22.4 Å². The number of rotatable bonds is 6. The first-order valence-electron chi connectivity index (χ1n) is 5.07. The molecule has 3 nitrogen and oxygen atoms in total. The number of benzene rings is 1. The van der Waals surface area contributed by atoms with Gasteiger partial charge in [-0.15, -0.1) is 11.6 Å². The molecule has 8 heteroatoms. The van der Waals surface area contributed by atoms with Gasteiger partial charge in [-0.1, -0.05) is 11.6 Å². The van der Waals surface area contributed by atoms with Gasteiger partial charge in [0.2, 0.25) is 0 Å². The van der Waals surface area contributed by atoms with Crippen molar-refractivity contribution in [3.05, 3.63) is 22.7 Å². The predicted molar refractivity (Wildman–Crippen MR) is 65.1 cm³/mol. The highest BCUT2D eigenvalue weighted by Crippen LogP contribution is 2.36. The van der Waals surface area contributed by atoms with Crippen molar-refractivity contribution < 1.29 is 27.4 Å². The fraction of sp³-hybridized carbons (Fsp3) is 0.455. The number of halogens is 5. The summed E-state index contributed by atoms with van der Waals surface area (Å²) in [6, 6.07) is 3.12. The lowest BCUT2D eigenvalue weighted by molar-refractivity contribution is -0.186. The van der Waals surface area contributed by atoms with E-state index in [2.05, 4.69) is 4.74 Å². The summed E-state index contributed by atoms with van der Waals surface area (Å²) in [7, 11) is 1.38. The first kappa shape index (κ1) is 16.2. The molecule has 0 saturated carbocycles. The van der Waals surface area contributed by atoms with Crippen molar-refractivity contribution in [3.63, 3.8) is 0 Å². The summed E-state index contributed by atoms with van der Waals surface area (Å²) in [5, 5.41) is 0.186. The highest BCUT2D eigenvalue weighted by atomic mass is 35.5. The maximum atomic E-state index is 11.9. The molecule has 0 heterocycles. The summed E-state index contributed by atoms with van der Waals surface area (Å²) in [6.45, 7) is -1.98. The van der Waals surface area contributed by atoms with Crippen LogP contribution in [0.2, 0.25) is 5.02 Å². The topological polar surface area (TPSA) is 27.7 Å². The minimum Gasteiger partial charge on any atom is -0.493 e. The Bertz CT molecular complexity index is 424. The summed E-state index contributed by atoms with van der Waals surface area (Å²) >= 11 is 11.6. The number of hydrogen-bond donors (Lipinski definition) is 0. The maximum absolute atomic E-state index is 11.9. The van der Waals surface area contributed by atoms with Crippen molar-refractivity contribution in [1.29, 1.82) is 0 Å². The molecule has 1 rings (SSSR count). The highest BCUT2D eigenvalue weighted by molar-refractivity contribution is 6.32. The van der Waals surface area contributed by atoms with Gasteiger partial charge in [-0.3, -0.25) is 0 Å². The van der Waals surface area contributed by atoms with Crippen LogP contribution in [0.5, 0.6) is 11.5 Å². The quantitative estimate of drug-likeness (QED) is 0.451. The van der Waals surface area contributed by atoms with Crippen molar-refractivity contribution >= 4 is 23.2 Å². The Labute approximate surface area is 118 Å². The molecule has 0 fully saturated rings. The van der Waals surface area contributed by atoms with E-state index in [1.54, 1.807) is 6.07 Å². The molecule has 0 aliphatic rings. The van der Waals surface area contributed by atoms with Gasteiger partial charge >= 0.3 is 6.18 Å². The molecule has 0 unspecified atom stereocenters. The Kier molecular flexibility index (Phi) is 6.03.